The Morgan fingerprint density at radius 1 is 1.20 bits per heavy atom. The molecule has 0 atom stereocenters. The van der Waals surface area contributed by atoms with Crippen LogP contribution in [0.1, 0.15) is 10.4 Å². The van der Waals surface area contributed by atoms with Crippen LogP contribution < -0.4 is 10.8 Å². The number of anilines is 1. The van der Waals surface area contributed by atoms with Crippen LogP contribution in [0, 0.1) is 5.82 Å². The lowest BCUT2D eigenvalue weighted by Crippen LogP contribution is -2.31. The monoisotopic (exact) mass is 293 g/mol. The van der Waals surface area contributed by atoms with Crippen LogP contribution in [0.2, 0.25) is 5.02 Å². The quantitative estimate of drug-likeness (QED) is 0.750. The number of rotatable bonds is 3. The Labute approximate surface area is 120 Å². The molecule has 4 nitrogen and oxygen atoms in total. The van der Waals surface area contributed by atoms with Crippen molar-refractivity contribution in [2.45, 2.75) is 0 Å². The van der Waals surface area contributed by atoms with Crippen LogP contribution in [0.5, 0.6) is 0 Å². The highest BCUT2D eigenvalue weighted by molar-refractivity contribution is 6.59. The lowest BCUT2D eigenvalue weighted by Gasteiger charge is -2.09. The molecule has 3 N–H and O–H groups in total. The Hall–Kier alpha value is -1.89. The topological polar surface area (TPSA) is 69.6 Å². The number of amides is 1. The van der Waals surface area contributed by atoms with E-state index in [0.29, 0.717) is 0 Å². The molecule has 102 valence electrons. The molecule has 0 aliphatic carbocycles. The third kappa shape index (κ3) is 3.16. The van der Waals surface area contributed by atoms with Crippen molar-refractivity contribution in [1.29, 1.82) is 0 Å². The number of para-hydroxylation sites is 1. The minimum atomic E-state index is -1.72. The molecule has 7 heteroatoms. The largest absolute Gasteiger partial charge is 0.488 e. The molecule has 0 spiro atoms. The summed E-state index contributed by atoms with van der Waals surface area (Å²) < 4.78 is 13.4. The third-order valence-electron chi connectivity index (χ3n) is 2.66. The van der Waals surface area contributed by atoms with Gasteiger partial charge in [0.15, 0.2) is 0 Å². The molecule has 2 aromatic rings. The maximum Gasteiger partial charge on any atom is 0.488 e. The molecule has 0 aromatic heterocycles. The van der Waals surface area contributed by atoms with Crippen LogP contribution in [-0.4, -0.2) is 23.1 Å². The van der Waals surface area contributed by atoms with E-state index in [1.165, 1.54) is 36.4 Å². The van der Waals surface area contributed by atoms with E-state index in [4.69, 9.17) is 21.6 Å². The second-order valence-corrected chi connectivity index (χ2v) is 4.45. The summed E-state index contributed by atoms with van der Waals surface area (Å²) >= 11 is 5.88. The third-order valence-corrected chi connectivity index (χ3v) is 2.98. The molecule has 0 saturated carbocycles. The van der Waals surface area contributed by atoms with Crippen molar-refractivity contribution in [1.82, 2.24) is 0 Å². The van der Waals surface area contributed by atoms with Crippen molar-refractivity contribution in [2.75, 3.05) is 5.32 Å². The van der Waals surface area contributed by atoms with Gasteiger partial charge in [0, 0.05) is 0 Å². The second kappa shape index (κ2) is 6.05. The highest BCUT2D eigenvalue weighted by Crippen LogP contribution is 2.18. The van der Waals surface area contributed by atoms with Gasteiger partial charge in [-0.25, -0.2) is 4.39 Å². The Bertz CT molecular complexity index is 651. The number of nitrogens with one attached hydrogen (secondary N) is 1. The van der Waals surface area contributed by atoms with E-state index < -0.39 is 18.8 Å². The van der Waals surface area contributed by atoms with Crippen LogP contribution in [0.4, 0.5) is 10.1 Å². The lowest BCUT2D eigenvalue weighted by atomic mass is 9.79. The first-order chi connectivity index (χ1) is 9.49. The number of halogens is 2. The fourth-order valence-corrected chi connectivity index (χ4v) is 1.83. The summed E-state index contributed by atoms with van der Waals surface area (Å²) in [6.07, 6.45) is 0. The Kier molecular flexibility index (Phi) is 4.39. The molecular weight excluding hydrogens is 283 g/mol. The molecule has 0 unspecified atom stereocenters. The first-order valence-electron chi connectivity index (χ1n) is 5.70. The van der Waals surface area contributed by atoms with Crippen molar-refractivity contribution in [3.05, 3.63) is 58.9 Å². The standard InChI is InChI=1S/C13H10BClFNO3/c15-10-6-5-8(14(19)20)7-9(10)13(18)17-12-4-2-1-3-11(12)16/h1-7,19-20H,(H,17,18). The molecule has 0 saturated heterocycles. The van der Waals surface area contributed by atoms with Crippen LogP contribution in [0.25, 0.3) is 0 Å². The van der Waals surface area contributed by atoms with Crippen LogP contribution in [0.3, 0.4) is 0 Å². The van der Waals surface area contributed by atoms with Crippen LogP contribution in [-0.2, 0) is 0 Å². The van der Waals surface area contributed by atoms with Gasteiger partial charge in [-0.05, 0) is 29.7 Å². The van der Waals surface area contributed by atoms with Gasteiger partial charge in [-0.15, -0.1) is 0 Å². The maximum atomic E-state index is 13.4. The Morgan fingerprint density at radius 3 is 2.55 bits per heavy atom. The van der Waals surface area contributed by atoms with Gasteiger partial charge in [0.2, 0.25) is 0 Å². The molecule has 2 rings (SSSR count). The van der Waals surface area contributed by atoms with E-state index in [-0.39, 0.29) is 21.7 Å². The SMILES string of the molecule is O=C(Nc1ccccc1F)c1cc(B(O)O)ccc1Cl. The zero-order chi connectivity index (χ0) is 14.7. The Morgan fingerprint density at radius 2 is 1.90 bits per heavy atom. The average molecular weight is 293 g/mol. The van der Waals surface area contributed by atoms with Crippen molar-refractivity contribution >= 4 is 35.8 Å². The first kappa shape index (κ1) is 14.5. The lowest BCUT2D eigenvalue weighted by molar-refractivity contribution is 0.102. The number of hydrogen-bond donors (Lipinski definition) is 3. The fourth-order valence-electron chi connectivity index (χ4n) is 1.63. The molecule has 1 amide bonds. The summed E-state index contributed by atoms with van der Waals surface area (Å²) in [5.74, 6) is -1.21. The summed E-state index contributed by atoms with van der Waals surface area (Å²) in [6.45, 7) is 0. The van der Waals surface area contributed by atoms with Crippen LogP contribution >= 0.6 is 11.6 Å². The number of hydrogen-bond acceptors (Lipinski definition) is 3. The van der Waals surface area contributed by atoms with Gasteiger partial charge in [-0.3, -0.25) is 4.79 Å². The summed E-state index contributed by atoms with van der Waals surface area (Å²) in [7, 11) is -1.72. The molecule has 20 heavy (non-hydrogen) atoms. The fraction of sp³-hybridized carbons (Fsp3) is 0. The molecular formula is C13H10BClFNO3. The van der Waals surface area contributed by atoms with E-state index in [1.807, 2.05) is 0 Å². The van der Waals surface area contributed by atoms with Gasteiger partial charge in [-0.1, -0.05) is 29.8 Å². The molecule has 0 radical (unpaired) electrons. The minimum Gasteiger partial charge on any atom is -0.423 e. The molecule has 0 fully saturated rings. The maximum absolute atomic E-state index is 13.4. The van der Waals surface area contributed by atoms with E-state index in [2.05, 4.69) is 5.32 Å². The summed E-state index contributed by atoms with van der Waals surface area (Å²) in [5.41, 5.74) is 0.164. The molecule has 0 bridgehead atoms. The van der Waals surface area contributed by atoms with Gasteiger partial charge in [0.25, 0.3) is 5.91 Å². The van der Waals surface area contributed by atoms with Crippen molar-refractivity contribution in [3.63, 3.8) is 0 Å². The van der Waals surface area contributed by atoms with E-state index in [0.717, 1.165) is 0 Å². The van der Waals surface area contributed by atoms with Crippen LogP contribution in [0.15, 0.2) is 42.5 Å². The summed E-state index contributed by atoms with van der Waals surface area (Å²) in [4.78, 5) is 12.0. The van der Waals surface area contributed by atoms with Gasteiger partial charge in [0.1, 0.15) is 5.82 Å². The smallest absolute Gasteiger partial charge is 0.423 e. The zero-order valence-electron chi connectivity index (χ0n) is 10.2. The van der Waals surface area contributed by atoms with Gasteiger partial charge >= 0.3 is 7.12 Å². The Balaban J connectivity index is 2.30. The molecule has 2 aromatic carbocycles. The van der Waals surface area contributed by atoms with Crippen molar-refractivity contribution in [3.8, 4) is 0 Å². The van der Waals surface area contributed by atoms with Gasteiger partial charge in [-0.2, -0.15) is 0 Å². The minimum absolute atomic E-state index is 0.0171. The predicted octanol–water partition coefficient (Wildman–Crippen LogP) is 1.41. The normalized spacial score (nSPS) is 10.2. The highest BCUT2D eigenvalue weighted by Gasteiger charge is 2.17. The molecule has 0 aliphatic rings. The predicted molar refractivity (Wildman–Crippen MR) is 75.6 cm³/mol. The zero-order valence-corrected chi connectivity index (χ0v) is 10.9. The number of carbonyl (C=O) groups excluding carboxylic acids is 1. The van der Waals surface area contributed by atoms with E-state index in [9.17, 15) is 9.18 Å². The van der Waals surface area contributed by atoms with E-state index >= 15 is 0 Å². The van der Waals surface area contributed by atoms with Crippen molar-refractivity contribution in [2.24, 2.45) is 0 Å². The van der Waals surface area contributed by atoms with Crippen molar-refractivity contribution < 1.29 is 19.2 Å². The van der Waals surface area contributed by atoms with E-state index in [1.54, 1.807) is 6.07 Å². The molecule has 0 heterocycles. The first-order valence-corrected chi connectivity index (χ1v) is 6.08. The summed E-state index contributed by atoms with van der Waals surface area (Å²) in [5, 5.41) is 20.7. The summed E-state index contributed by atoms with van der Waals surface area (Å²) in [6, 6.07) is 9.69. The second-order valence-electron chi connectivity index (χ2n) is 4.05. The molecule has 0 aliphatic heterocycles. The number of benzene rings is 2. The van der Waals surface area contributed by atoms with Gasteiger partial charge in [0.05, 0.1) is 16.3 Å². The average Bonchev–Trinajstić information content (AvgIpc) is 2.41. The highest BCUT2D eigenvalue weighted by atomic mass is 35.5. The van der Waals surface area contributed by atoms with Gasteiger partial charge < -0.3 is 15.4 Å². The number of carbonyl (C=O) groups is 1.